The number of hydrogen-bond acceptors (Lipinski definition) is 3. The fourth-order valence-electron chi connectivity index (χ4n) is 2.59. The van der Waals surface area contributed by atoms with E-state index in [0.29, 0.717) is 13.0 Å². The zero-order valence-corrected chi connectivity index (χ0v) is 13.9. The summed E-state index contributed by atoms with van der Waals surface area (Å²) in [5.74, 6) is -0.133. The van der Waals surface area contributed by atoms with Crippen molar-refractivity contribution in [3.63, 3.8) is 0 Å². The van der Waals surface area contributed by atoms with Gasteiger partial charge in [0, 0.05) is 19.1 Å². The maximum Gasteiger partial charge on any atom is 0.307 e. The van der Waals surface area contributed by atoms with Crippen molar-refractivity contribution in [3.8, 4) is 0 Å². The fraction of sp³-hybridized carbons (Fsp3) is 0.350. The van der Waals surface area contributed by atoms with Crippen LogP contribution in [0.3, 0.4) is 0 Å². The van der Waals surface area contributed by atoms with E-state index in [0.717, 1.165) is 13.1 Å². The second-order valence-corrected chi connectivity index (χ2v) is 5.73. The molecule has 2 rings (SSSR count). The minimum absolute atomic E-state index is 0.120. The molecule has 0 bridgehead atoms. The van der Waals surface area contributed by atoms with Gasteiger partial charge in [-0.1, -0.05) is 60.7 Å². The van der Waals surface area contributed by atoms with Gasteiger partial charge in [-0.05, 0) is 25.0 Å². The van der Waals surface area contributed by atoms with E-state index < -0.39 is 0 Å². The Labute approximate surface area is 138 Å². The van der Waals surface area contributed by atoms with E-state index >= 15 is 0 Å². The van der Waals surface area contributed by atoms with E-state index in [-0.39, 0.29) is 12.0 Å². The minimum atomic E-state index is -0.133. The van der Waals surface area contributed by atoms with Crippen molar-refractivity contribution in [1.82, 2.24) is 4.90 Å². The van der Waals surface area contributed by atoms with Crippen LogP contribution in [-0.2, 0) is 22.6 Å². The summed E-state index contributed by atoms with van der Waals surface area (Å²) in [5, 5.41) is 0. The van der Waals surface area contributed by atoms with Crippen molar-refractivity contribution in [2.75, 3.05) is 6.61 Å². The molecule has 23 heavy (non-hydrogen) atoms. The number of benzene rings is 2. The number of esters is 1. The van der Waals surface area contributed by atoms with Gasteiger partial charge in [-0.25, -0.2) is 0 Å². The Morgan fingerprint density at radius 1 is 0.957 bits per heavy atom. The highest BCUT2D eigenvalue weighted by Gasteiger charge is 2.18. The molecular weight excluding hydrogens is 286 g/mol. The number of carbonyl (C=O) groups is 1. The number of nitrogens with zero attached hydrogens (tertiary/aromatic N) is 1. The minimum Gasteiger partial charge on any atom is -0.466 e. The van der Waals surface area contributed by atoms with Gasteiger partial charge in [0.15, 0.2) is 0 Å². The summed E-state index contributed by atoms with van der Waals surface area (Å²) in [6.45, 7) is 5.99. The first-order chi connectivity index (χ1) is 11.2. The van der Waals surface area contributed by atoms with E-state index in [1.807, 2.05) is 43.3 Å². The summed E-state index contributed by atoms with van der Waals surface area (Å²) in [5.41, 5.74) is 2.50. The third-order valence-electron chi connectivity index (χ3n) is 3.85. The molecule has 0 saturated carbocycles. The second kappa shape index (κ2) is 9.11. The smallest absolute Gasteiger partial charge is 0.307 e. The molecule has 0 aliphatic heterocycles. The molecule has 0 spiro atoms. The first kappa shape index (κ1) is 17.2. The molecule has 0 unspecified atom stereocenters. The largest absolute Gasteiger partial charge is 0.466 e. The fourth-order valence-corrected chi connectivity index (χ4v) is 2.59. The summed E-state index contributed by atoms with van der Waals surface area (Å²) in [7, 11) is 0. The lowest BCUT2D eigenvalue weighted by Gasteiger charge is -2.29. The third-order valence-corrected chi connectivity index (χ3v) is 3.85. The standard InChI is InChI=1S/C20H25NO2/c1-3-23-20(22)14-17(2)21(15-18-10-6-4-7-11-18)16-19-12-8-5-9-13-19/h4-13,17H,3,14-16H2,1-2H3/t17-/m0/s1. The van der Waals surface area contributed by atoms with Crippen LogP contribution in [0.15, 0.2) is 60.7 Å². The highest BCUT2D eigenvalue weighted by atomic mass is 16.5. The molecular formula is C20H25NO2. The topological polar surface area (TPSA) is 29.5 Å². The van der Waals surface area contributed by atoms with Crippen molar-refractivity contribution in [3.05, 3.63) is 71.8 Å². The van der Waals surface area contributed by atoms with Gasteiger partial charge >= 0.3 is 5.97 Å². The summed E-state index contributed by atoms with van der Waals surface area (Å²) >= 11 is 0. The molecule has 0 aliphatic rings. The predicted octanol–water partition coefficient (Wildman–Crippen LogP) is 4.03. The van der Waals surface area contributed by atoms with E-state index in [2.05, 4.69) is 36.1 Å². The molecule has 0 amide bonds. The van der Waals surface area contributed by atoms with Gasteiger partial charge in [-0.2, -0.15) is 0 Å². The van der Waals surface area contributed by atoms with Crippen LogP contribution >= 0.6 is 0 Å². The van der Waals surface area contributed by atoms with Crippen LogP contribution < -0.4 is 0 Å². The Balaban J connectivity index is 2.08. The molecule has 2 aromatic rings. The molecule has 122 valence electrons. The molecule has 0 aliphatic carbocycles. The summed E-state index contributed by atoms with van der Waals surface area (Å²) in [4.78, 5) is 14.1. The number of carbonyl (C=O) groups excluding carboxylic acids is 1. The first-order valence-electron chi connectivity index (χ1n) is 8.16. The van der Waals surface area contributed by atoms with Crippen molar-refractivity contribution < 1.29 is 9.53 Å². The molecule has 0 saturated heterocycles. The van der Waals surface area contributed by atoms with Gasteiger partial charge in [0.05, 0.1) is 13.0 Å². The Bertz CT molecular complexity index is 542. The molecule has 0 N–H and O–H groups in total. The van der Waals surface area contributed by atoms with Gasteiger partial charge in [0.1, 0.15) is 0 Å². The second-order valence-electron chi connectivity index (χ2n) is 5.73. The van der Waals surface area contributed by atoms with Crippen LogP contribution in [0.2, 0.25) is 0 Å². The van der Waals surface area contributed by atoms with Crippen LogP contribution in [0.1, 0.15) is 31.4 Å². The first-order valence-corrected chi connectivity index (χ1v) is 8.16. The van der Waals surface area contributed by atoms with Crippen LogP contribution in [0.4, 0.5) is 0 Å². The van der Waals surface area contributed by atoms with E-state index in [4.69, 9.17) is 4.74 Å². The molecule has 1 atom stereocenters. The van der Waals surface area contributed by atoms with Gasteiger partial charge < -0.3 is 4.74 Å². The Kier molecular flexibility index (Phi) is 6.82. The molecule has 0 aromatic heterocycles. The SMILES string of the molecule is CCOC(=O)C[C@H](C)N(Cc1ccccc1)Cc1ccccc1. The molecule has 0 heterocycles. The third kappa shape index (κ3) is 5.87. The highest BCUT2D eigenvalue weighted by molar-refractivity contribution is 5.70. The van der Waals surface area contributed by atoms with Crippen molar-refractivity contribution in [1.29, 1.82) is 0 Å². The van der Waals surface area contributed by atoms with Crippen molar-refractivity contribution >= 4 is 5.97 Å². The Hall–Kier alpha value is -2.13. The summed E-state index contributed by atoms with van der Waals surface area (Å²) in [6, 6.07) is 20.8. The van der Waals surface area contributed by atoms with Crippen LogP contribution in [-0.4, -0.2) is 23.5 Å². The maximum absolute atomic E-state index is 11.8. The lowest BCUT2D eigenvalue weighted by atomic mass is 10.1. The molecule has 3 heteroatoms. The monoisotopic (exact) mass is 311 g/mol. The summed E-state index contributed by atoms with van der Waals surface area (Å²) < 4.78 is 5.10. The Morgan fingerprint density at radius 2 is 1.43 bits per heavy atom. The predicted molar refractivity (Wildman–Crippen MR) is 92.8 cm³/mol. The molecule has 2 aromatic carbocycles. The molecule has 3 nitrogen and oxygen atoms in total. The lowest BCUT2D eigenvalue weighted by Crippen LogP contribution is -2.34. The zero-order valence-electron chi connectivity index (χ0n) is 13.9. The van der Waals surface area contributed by atoms with Crippen LogP contribution in [0.5, 0.6) is 0 Å². The number of rotatable bonds is 8. The zero-order chi connectivity index (χ0) is 16.5. The van der Waals surface area contributed by atoms with Gasteiger partial charge in [-0.3, -0.25) is 9.69 Å². The average molecular weight is 311 g/mol. The Morgan fingerprint density at radius 3 is 1.87 bits per heavy atom. The number of ether oxygens (including phenoxy) is 1. The average Bonchev–Trinajstić information content (AvgIpc) is 2.56. The van der Waals surface area contributed by atoms with Gasteiger partial charge in [0.2, 0.25) is 0 Å². The lowest BCUT2D eigenvalue weighted by molar-refractivity contribution is -0.144. The highest BCUT2D eigenvalue weighted by Crippen LogP contribution is 2.15. The normalized spacial score (nSPS) is 12.1. The van der Waals surface area contributed by atoms with Crippen LogP contribution in [0.25, 0.3) is 0 Å². The van der Waals surface area contributed by atoms with E-state index in [9.17, 15) is 4.79 Å². The van der Waals surface area contributed by atoms with Gasteiger partial charge in [-0.15, -0.1) is 0 Å². The number of hydrogen-bond donors (Lipinski definition) is 0. The summed E-state index contributed by atoms with van der Waals surface area (Å²) in [6.07, 6.45) is 0.410. The van der Waals surface area contributed by atoms with Crippen LogP contribution in [0, 0.1) is 0 Å². The molecule has 0 fully saturated rings. The van der Waals surface area contributed by atoms with E-state index in [1.165, 1.54) is 11.1 Å². The van der Waals surface area contributed by atoms with Crippen molar-refractivity contribution in [2.45, 2.75) is 39.4 Å². The molecule has 0 radical (unpaired) electrons. The van der Waals surface area contributed by atoms with Crippen molar-refractivity contribution in [2.24, 2.45) is 0 Å². The van der Waals surface area contributed by atoms with Gasteiger partial charge in [0.25, 0.3) is 0 Å². The maximum atomic E-state index is 11.8. The quantitative estimate of drug-likeness (QED) is 0.689. The van der Waals surface area contributed by atoms with E-state index in [1.54, 1.807) is 0 Å².